The highest BCUT2D eigenvalue weighted by Crippen LogP contribution is 2.34. The molecule has 1 aliphatic carbocycles. The largest absolute Gasteiger partial charge is 0.485 e. The van der Waals surface area contributed by atoms with E-state index in [9.17, 15) is 4.39 Å². The van der Waals surface area contributed by atoms with Gasteiger partial charge in [0.05, 0.1) is 0 Å². The Morgan fingerprint density at radius 1 is 1.28 bits per heavy atom. The lowest BCUT2D eigenvalue weighted by atomic mass is 10.1. The summed E-state index contributed by atoms with van der Waals surface area (Å²) in [5.74, 6) is 0.142. The fourth-order valence-electron chi connectivity index (χ4n) is 2.31. The van der Waals surface area contributed by atoms with Gasteiger partial charge in [-0.1, -0.05) is 31.1 Å². The van der Waals surface area contributed by atoms with E-state index in [2.05, 4.69) is 6.92 Å². The predicted octanol–water partition coefficient (Wildman–Crippen LogP) is 4.74. The van der Waals surface area contributed by atoms with Gasteiger partial charge in [-0.15, -0.1) is 0 Å². The monoisotopic (exact) mass is 248 g/mol. The number of hydrogen-bond acceptors (Lipinski definition) is 1. The average Bonchev–Trinajstić information content (AvgIpc) is 2.65. The first kappa shape index (κ1) is 13.1. The normalized spacial score (nSPS) is 14.4. The molecule has 1 aliphatic rings. The van der Waals surface area contributed by atoms with Gasteiger partial charge in [0.15, 0.2) is 11.6 Å². The SMILES string of the molecule is CCCC1=Cc2c(ccc(OC(C)(C)C)c2F)C1. The first-order valence-corrected chi connectivity index (χ1v) is 6.60. The van der Waals surface area contributed by atoms with E-state index in [1.165, 1.54) is 5.57 Å². The second-order valence-electron chi connectivity index (χ2n) is 5.89. The molecule has 0 N–H and O–H groups in total. The number of hydrogen-bond donors (Lipinski definition) is 0. The summed E-state index contributed by atoms with van der Waals surface area (Å²) in [6.07, 6.45) is 5.02. The van der Waals surface area contributed by atoms with Gasteiger partial charge in [-0.25, -0.2) is 4.39 Å². The van der Waals surface area contributed by atoms with Gasteiger partial charge < -0.3 is 4.74 Å². The van der Waals surface area contributed by atoms with Gasteiger partial charge in [0.2, 0.25) is 0 Å². The Morgan fingerprint density at radius 3 is 2.61 bits per heavy atom. The summed E-state index contributed by atoms with van der Waals surface area (Å²) in [5.41, 5.74) is 2.75. The van der Waals surface area contributed by atoms with E-state index in [0.29, 0.717) is 5.75 Å². The third-order valence-corrected chi connectivity index (χ3v) is 2.99. The molecule has 0 amide bonds. The molecule has 0 spiro atoms. The Labute approximate surface area is 109 Å². The van der Waals surface area contributed by atoms with Crippen molar-refractivity contribution in [1.29, 1.82) is 0 Å². The number of allylic oxidation sites excluding steroid dienone is 1. The zero-order valence-electron chi connectivity index (χ0n) is 11.6. The molecule has 1 aromatic carbocycles. The fourth-order valence-corrected chi connectivity index (χ4v) is 2.31. The van der Waals surface area contributed by atoms with Crippen LogP contribution in [0.5, 0.6) is 5.75 Å². The maximum Gasteiger partial charge on any atom is 0.172 e. The van der Waals surface area contributed by atoms with Gasteiger partial charge in [0.1, 0.15) is 5.60 Å². The van der Waals surface area contributed by atoms with Crippen molar-refractivity contribution in [1.82, 2.24) is 0 Å². The molecule has 0 saturated heterocycles. The molecule has 0 saturated carbocycles. The van der Waals surface area contributed by atoms with Crippen LogP contribution < -0.4 is 4.74 Å². The molecule has 0 aromatic heterocycles. The van der Waals surface area contributed by atoms with Gasteiger partial charge in [-0.05, 0) is 45.2 Å². The molecule has 1 aromatic rings. The zero-order chi connectivity index (χ0) is 13.3. The molecule has 2 rings (SSSR count). The maximum absolute atomic E-state index is 14.3. The Balaban J connectivity index is 2.31. The second-order valence-corrected chi connectivity index (χ2v) is 5.89. The number of benzene rings is 1. The van der Waals surface area contributed by atoms with Crippen molar-refractivity contribution in [2.45, 2.75) is 52.6 Å². The van der Waals surface area contributed by atoms with Crippen LogP contribution in [0.15, 0.2) is 17.7 Å². The predicted molar refractivity (Wildman–Crippen MR) is 73.4 cm³/mol. The van der Waals surface area contributed by atoms with Crippen molar-refractivity contribution in [3.05, 3.63) is 34.6 Å². The van der Waals surface area contributed by atoms with E-state index in [-0.39, 0.29) is 11.4 Å². The minimum Gasteiger partial charge on any atom is -0.485 e. The van der Waals surface area contributed by atoms with Gasteiger partial charge in [-0.2, -0.15) is 0 Å². The lowest BCUT2D eigenvalue weighted by Gasteiger charge is -2.22. The highest BCUT2D eigenvalue weighted by molar-refractivity contribution is 5.66. The number of fused-ring (bicyclic) bond motifs is 1. The summed E-state index contributed by atoms with van der Waals surface area (Å²) in [4.78, 5) is 0. The molecule has 0 bridgehead atoms. The van der Waals surface area contributed by atoms with Crippen LogP contribution in [-0.4, -0.2) is 5.60 Å². The van der Waals surface area contributed by atoms with Crippen LogP contribution in [0.2, 0.25) is 0 Å². The second kappa shape index (κ2) is 4.75. The molecule has 0 aliphatic heterocycles. The van der Waals surface area contributed by atoms with E-state index in [4.69, 9.17) is 4.74 Å². The Morgan fingerprint density at radius 2 is 2.00 bits per heavy atom. The van der Waals surface area contributed by atoms with Crippen LogP contribution in [0.3, 0.4) is 0 Å². The molecular weight excluding hydrogens is 227 g/mol. The summed E-state index contributed by atoms with van der Waals surface area (Å²) >= 11 is 0. The third kappa shape index (κ3) is 2.74. The van der Waals surface area contributed by atoms with Gasteiger partial charge in [0.25, 0.3) is 0 Å². The summed E-state index contributed by atoms with van der Waals surface area (Å²) in [6.45, 7) is 7.93. The molecule has 0 unspecified atom stereocenters. The van der Waals surface area contributed by atoms with Gasteiger partial charge in [-0.3, -0.25) is 0 Å². The van der Waals surface area contributed by atoms with E-state index < -0.39 is 0 Å². The van der Waals surface area contributed by atoms with E-state index in [1.807, 2.05) is 32.9 Å². The summed E-state index contributed by atoms with van der Waals surface area (Å²) in [6, 6.07) is 3.74. The van der Waals surface area contributed by atoms with Crippen molar-refractivity contribution < 1.29 is 9.13 Å². The maximum atomic E-state index is 14.3. The summed E-state index contributed by atoms with van der Waals surface area (Å²) in [7, 11) is 0. The van der Waals surface area contributed by atoms with Gasteiger partial charge in [0, 0.05) is 5.56 Å². The first-order valence-electron chi connectivity index (χ1n) is 6.60. The average molecular weight is 248 g/mol. The molecule has 0 atom stereocenters. The van der Waals surface area contributed by atoms with Crippen LogP contribution in [0.1, 0.15) is 51.7 Å². The molecule has 18 heavy (non-hydrogen) atoms. The summed E-state index contributed by atoms with van der Waals surface area (Å²) < 4.78 is 20.0. The topological polar surface area (TPSA) is 9.23 Å². The number of ether oxygens (including phenoxy) is 1. The lowest BCUT2D eigenvalue weighted by Crippen LogP contribution is -2.23. The van der Waals surface area contributed by atoms with E-state index in [0.717, 1.165) is 30.4 Å². The Hall–Kier alpha value is -1.31. The smallest absolute Gasteiger partial charge is 0.172 e. The van der Waals surface area contributed by atoms with Crippen LogP contribution in [0.25, 0.3) is 6.08 Å². The van der Waals surface area contributed by atoms with E-state index in [1.54, 1.807) is 6.07 Å². The molecule has 1 nitrogen and oxygen atoms in total. The van der Waals surface area contributed by atoms with Crippen molar-refractivity contribution in [3.63, 3.8) is 0 Å². The molecular formula is C16H21FO. The molecule has 2 heteroatoms. The summed E-state index contributed by atoms with van der Waals surface area (Å²) in [5, 5.41) is 0. The van der Waals surface area contributed by atoms with Crippen LogP contribution in [-0.2, 0) is 6.42 Å². The quantitative estimate of drug-likeness (QED) is 0.750. The van der Waals surface area contributed by atoms with Crippen molar-refractivity contribution in [2.75, 3.05) is 0 Å². The Bertz CT molecular complexity index is 481. The van der Waals surface area contributed by atoms with Gasteiger partial charge >= 0.3 is 0 Å². The van der Waals surface area contributed by atoms with E-state index >= 15 is 0 Å². The molecule has 0 fully saturated rings. The highest BCUT2D eigenvalue weighted by atomic mass is 19.1. The number of rotatable bonds is 3. The van der Waals surface area contributed by atoms with Crippen molar-refractivity contribution in [3.8, 4) is 5.75 Å². The Kier molecular flexibility index (Phi) is 3.47. The zero-order valence-corrected chi connectivity index (χ0v) is 11.6. The standard InChI is InChI=1S/C16H21FO/c1-5-6-11-9-12-7-8-14(18-16(2,3)4)15(17)13(12)10-11/h7-8,10H,5-6,9H2,1-4H3. The molecule has 0 heterocycles. The number of halogens is 1. The lowest BCUT2D eigenvalue weighted by molar-refractivity contribution is 0.124. The minimum absolute atomic E-state index is 0.214. The van der Waals surface area contributed by atoms with Crippen molar-refractivity contribution >= 4 is 6.08 Å². The van der Waals surface area contributed by atoms with Crippen LogP contribution in [0, 0.1) is 5.82 Å². The first-order chi connectivity index (χ1) is 8.40. The van der Waals surface area contributed by atoms with Crippen molar-refractivity contribution in [2.24, 2.45) is 0 Å². The van der Waals surface area contributed by atoms with Crippen LogP contribution in [0.4, 0.5) is 4.39 Å². The minimum atomic E-state index is -0.371. The third-order valence-electron chi connectivity index (χ3n) is 2.99. The van der Waals surface area contributed by atoms with Crippen LogP contribution >= 0.6 is 0 Å². The fraction of sp³-hybridized carbons (Fsp3) is 0.500. The molecule has 0 radical (unpaired) electrons. The highest BCUT2D eigenvalue weighted by Gasteiger charge is 2.21. The molecule has 98 valence electrons.